The molecule has 2 N–H and O–H groups in total. The topological polar surface area (TPSA) is 52.6 Å². The van der Waals surface area contributed by atoms with E-state index in [9.17, 15) is 4.39 Å². The highest BCUT2D eigenvalue weighted by molar-refractivity contribution is 14.0. The summed E-state index contributed by atoms with van der Waals surface area (Å²) in [7, 11) is 5.75. The molecule has 1 atom stereocenters. The number of benzene rings is 1. The van der Waals surface area contributed by atoms with Crippen molar-refractivity contribution in [3.8, 4) is 0 Å². The molecular formula is C17H25FIN5S. The normalized spacial score (nSPS) is 12.6. The van der Waals surface area contributed by atoms with Gasteiger partial charge in [0.05, 0.1) is 12.6 Å². The Morgan fingerprint density at radius 3 is 2.48 bits per heavy atom. The number of nitrogens with one attached hydrogen (secondary N) is 2. The van der Waals surface area contributed by atoms with E-state index in [1.165, 1.54) is 17.0 Å². The Morgan fingerprint density at radius 1 is 1.28 bits per heavy atom. The average Bonchev–Trinajstić information content (AvgIpc) is 2.97. The molecule has 8 heteroatoms. The molecule has 1 heterocycles. The van der Waals surface area contributed by atoms with Crippen LogP contribution in [0.4, 0.5) is 4.39 Å². The van der Waals surface area contributed by atoms with E-state index in [1.54, 1.807) is 18.4 Å². The molecule has 1 aromatic heterocycles. The fraction of sp³-hybridized carbons (Fsp3) is 0.412. The Morgan fingerprint density at radius 2 is 1.96 bits per heavy atom. The first-order valence-electron chi connectivity index (χ1n) is 7.77. The van der Waals surface area contributed by atoms with Gasteiger partial charge in [-0.15, -0.1) is 35.3 Å². The average molecular weight is 477 g/mol. The van der Waals surface area contributed by atoms with E-state index >= 15 is 0 Å². The molecule has 0 amide bonds. The number of aliphatic imine (C=N–C) groups is 1. The maximum absolute atomic E-state index is 13.1. The van der Waals surface area contributed by atoms with Gasteiger partial charge in [-0.05, 0) is 38.7 Å². The molecule has 25 heavy (non-hydrogen) atoms. The Kier molecular flexibility index (Phi) is 9.30. The Bertz CT molecular complexity index is 672. The van der Waals surface area contributed by atoms with Crippen LogP contribution in [0, 0.1) is 12.7 Å². The molecule has 2 rings (SSSR count). The SMILES string of the molecule is CN=C(NCc1ncc(C)s1)NCC(c1ccc(F)cc1)N(C)C.I. The van der Waals surface area contributed by atoms with Crippen molar-refractivity contribution in [1.29, 1.82) is 0 Å². The number of thiazole rings is 1. The molecular weight excluding hydrogens is 452 g/mol. The predicted molar refractivity (Wildman–Crippen MR) is 113 cm³/mol. The molecule has 0 fully saturated rings. The number of guanidine groups is 1. The third kappa shape index (κ3) is 6.87. The van der Waals surface area contributed by atoms with Gasteiger partial charge < -0.3 is 15.5 Å². The van der Waals surface area contributed by atoms with Crippen LogP contribution in [0.3, 0.4) is 0 Å². The molecule has 1 unspecified atom stereocenters. The minimum absolute atomic E-state index is 0. The first kappa shape index (κ1) is 21.8. The van der Waals surface area contributed by atoms with Crippen molar-refractivity contribution in [2.45, 2.75) is 19.5 Å². The van der Waals surface area contributed by atoms with Crippen molar-refractivity contribution < 1.29 is 4.39 Å². The van der Waals surface area contributed by atoms with E-state index in [1.807, 2.05) is 39.3 Å². The molecule has 0 aliphatic heterocycles. The maximum Gasteiger partial charge on any atom is 0.191 e. The van der Waals surface area contributed by atoms with E-state index in [-0.39, 0.29) is 35.8 Å². The maximum atomic E-state index is 13.1. The Labute approximate surface area is 169 Å². The van der Waals surface area contributed by atoms with Crippen LogP contribution in [-0.4, -0.2) is 43.5 Å². The van der Waals surface area contributed by atoms with E-state index in [2.05, 4.69) is 25.5 Å². The Hall–Kier alpha value is -1.26. The summed E-state index contributed by atoms with van der Waals surface area (Å²) in [4.78, 5) is 11.9. The zero-order chi connectivity index (χ0) is 17.5. The molecule has 0 radical (unpaired) electrons. The Balaban J connectivity index is 0.00000312. The van der Waals surface area contributed by atoms with Gasteiger partial charge in [-0.25, -0.2) is 9.37 Å². The molecule has 1 aromatic carbocycles. The van der Waals surface area contributed by atoms with Crippen molar-refractivity contribution in [2.75, 3.05) is 27.7 Å². The van der Waals surface area contributed by atoms with Gasteiger partial charge in [0.15, 0.2) is 5.96 Å². The summed E-state index contributed by atoms with van der Waals surface area (Å²) in [6.07, 6.45) is 1.87. The number of rotatable bonds is 6. The fourth-order valence-electron chi connectivity index (χ4n) is 2.34. The molecule has 0 saturated heterocycles. The largest absolute Gasteiger partial charge is 0.354 e. The number of halogens is 2. The van der Waals surface area contributed by atoms with Crippen LogP contribution in [0.2, 0.25) is 0 Å². The molecule has 0 saturated carbocycles. The van der Waals surface area contributed by atoms with Crippen molar-refractivity contribution in [3.63, 3.8) is 0 Å². The van der Waals surface area contributed by atoms with Crippen molar-refractivity contribution in [3.05, 3.63) is 51.7 Å². The van der Waals surface area contributed by atoms with Gasteiger partial charge in [0.2, 0.25) is 0 Å². The summed E-state index contributed by atoms with van der Waals surface area (Å²) in [6.45, 7) is 3.34. The summed E-state index contributed by atoms with van der Waals surface area (Å²) in [5.74, 6) is 0.497. The number of aromatic nitrogens is 1. The van der Waals surface area contributed by atoms with Crippen LogP contribution < -0.4 is 10.6 Å². The highest BCUT2D eigenvalue weighted by Crippen LogP contribution is 2.17. The molecule has 0 aliphatic carbocycles. The minimum Gasteiger partial charge on any atom is -0.354 e. The van der Waals surface area contributed by atoms with E-state index in [4.69, 9.17) is 0 Å². The van der Waals surface area contributed by atoms with Gasteiger partial charge in [0.1, 0.15) is 10.8 Å². The quantitative estimate of drug-likeness (QED) is 0.382. The number of likely N-dealkylation sites (N-methyl/N-ethyl adjacent to an activating group) is 1. The molecule has 0 bridgehead atoms. The predicted octanol–water partition coefficient (Wildman–Crippen LogP) is 3.18. The number of hydrogen-bond acceptors (Lipinski definition) is 4. The van der Waals surface area contributed by atoms with Crippen LogP contribution in [0.15, 0.2) is 35.5 Å². The summed E-state index contributed by atoms with van der Waals surface area (Å²) in [5, 5.41) is 7.61. The van der Waals surface area contributed by atoms with Crippen molar-refractivity contribution in [2.24, 2.45) is 4.99 Å². The van der Waals surface area contributed by atoms with Gasteiger partial charge in [0.25, 0.3) is 0 Å². The standard InChI is InChI=1S/C17H24FN5S.HI/c1-12-9-20-16(24-12)11-22-17(19-2)21-10-15(23(3)4)13-5-7-14(18)8-6-13;/h5-9,15H,10-11H2,1-4H3,(H2,19,21,22);1H. The summed E-state index contributed by atoms with van der Waals surface area (Å²) in [6, 6.07) is 6.73. The van der Waals surface area contributed by atoms with Crippen molar-refractivity contribution >= 4 is 41.3 Å². The molecule has 0 aliphatic rings. The van der Waals surface area contributed by atoms with Gasteiger partial charge in [-0.3, -0.25) is 4.99 Å². The van der Waals surface area contributed by atoms with Crippen LogP contribution in [0.1, 0.15) is 21.5 Å². The highest BCUT2D eigenvalue weighted by Gasteiger charge is 2.14. The van der Waals surface area contributed by atoms with Crippen LogP contribution in [0.25, 0.3) is 0 Å². The van der Waals surface area contributed by atoms with Gasteiger partial charge in [0, 0.05) is 24.7 Å². The lowest BCUT2D eigenvalue weighted by Crippen LogP contribution is -2.41. The van der Waals surface area contributed by atoms with E-state index in [0.29, 0.717) is 13.1 Å². The summed E-state index contributed by atoms with van der Waals surface area (Å²) >= 11 is 1.67. The zero-order valence-electron chi connectivity index (χ0n) is 14.9. The fourth-order valence-corrected chi connectivity index (χ4v) is 3.07. The second kappa shape index (κ2) is 10.7. The first-order chi connectivity index (χ1) is 11.5. The molecule has 2 aromatic rings. The lowest BCUT2D eigenvalue weighted by atomic mass is 10.1. The van der Waals surface area contributed by atoms with Gasteiger partial charge in [-0.2, -0.15) is 0 Å². The van der Waals surface area contributed by atoms with Gasteiger partial charge >= 0.3 is 0 Å². The lowest BCUT2D eigenvalue weighted by Gasteiger charge is -2.26. The summed E-state index contributed by atoms with van der Waals surface area (Å²) in [5.41, 5.74) is 1.06. The monoisotopic (exact) mass is 477 g/mol. The van der Waals surface area contributed by atoms with Gasteiger partial charge in [-0.1, -0.05) is 12.1 Å². The number of nitrogens with zero attached hydrogens (tertiary/aromatic N) is 3. The smallest absolute Gasteiger partial charge is 0.191 e. The highest BCUT2D eigenvalue weighted by atomic mass is 127. The van der Waals surface area contributed by atoms with Crippen LogP contribution >= 0.6 is 35.3 Å². The summed E-state index contributed by atoms with van der Waals surface area (Å²) < 4.78 is 13.1. The lowest BCUT2D eigenvalue weighted by molar-refractivity contribution is 0.298. The zero-order valence-corrected chi connectivity index (χ0v) is 18.1. The van der Waals surface area contributed by atoms with E-state index < -0.39 is 0 Å². The molecule has 138 valence electrons. The van der Waals surface area contributed by atoms with Crippen LogP contribution in [0.5, 0.6) is 0 Å². The minimum atomic E-state index is -0.222. The van der Waals surface area contributed by atoms with Crippen LogP contribution in [-0.2, 0) is 6.54 Å². The molecule has 5 nitrogen and oxygen atoms in total. The second-order valence-corrected chi connectivity index (χ2v) is 7.02. The third-order valence-corrected chi connectivity index (χ3v) is 4.55. The third-order valence-electron chi connectivity index (χ3n) is 3.64. The van der Waals surface area contributed by atoms with Crippen molar-refractivity contribution in [1.82, 2.24) is 20.5 Å². The second-order valence-electron chi connectivity index (χ2n) is 5.70. The number of hydrogen-bond donors (Lipinski definition) is 2. The van der Waals surface area contributed by atoms with E-state index in [0.717, 1.165) is 16.5 Å². The first-order valence-corrected chi connectivity index (χ1v) is 8.59. The molecule has 0 spiro atoms. The number of aryl methyl sites for hydroxylation is 1.